The molecule has 1 aromatic carbocycles. The fourth-order valence-electron chi connectivity index (χ4n) is 0.990. The Bertz CT molecular complexity index is 331. The van der Waals surface area contributed by atoms with E-state index in [2.05, 4.69) is 26.7 Å². The SMILES string of the molecule is CCONCC(=O)Nc1cccc(Br)c1. The number of rotatable bonds is 5. The second kappa shape index (κ2) is 6.55. The van der Waals surface area contributed by atoms with Gasteiger partial charge in [-0.3, -0.25) is 4.79 Å². The predicted octanol–water partition coefficient (Wildman–Crippen LogP) is 1.93. The number of amides is 1. The van der Waals surface area contributed by atoms with Gasteiger partial charge in [0, 0.05) is 10.2 Å². The molecule has 0 fully saturated rings. The third kappa shape index (κ3) is 4.92. The fourth-order valence-corrected chi connectivity index (χ4v) is 1.39. The lowest BCUT2D eigenvalue weighted by atomic mass is 10.3. The van der Waals surface area contributed by atoms with Gasteiger partial charge in [-0.15, -0.1) is 0 Å². The highest BCUT2D eigenvalue weighted by Crippen LogP contribution is 2.15. The number of nitrogens with one attached hydrogen (secondary N) is 2. The van der Waals surface area contributed by atoms with E-state index in [1.54, 1.807) is 0 Å². The lowest BCUT2D eigenvalue weighted by Gasteiger charge is -2.06. The predicted molar refractivity (Wildman–Crippen MR) is 62.4 cm³/mol. The summed E-state index contributed by atoms with van der Waals surface area (Å²) in [6.45, 7) is 2.52. The normalized spacial score (nSPS) is 10.0. The van der Waals surface area contributed by atoms with E-state index in [-0.39, 0.29) is 12.5 Å². The van der Waals surface area contributed by atoms with Gasteiger partial charge in [0.25, 0.3) is 0 Å². The molecule has 0 aliphatic heterocycles. The summed E-state index contributed by atoms with van der Waals surface area (Å²) >= 11 is 3.32. The molecule has 15 heavy (non-hydrogen) atoms. The molecule has 5 heteroatoms. The molecule has 82 valence electrons. The van der Waals surface area contributed by atoms with Gasteiger partial charge < -0.3 is 10.2 Å². The Hall–Kier alpha value is -0.910. The van der Waals surface area contributed by atoms with E-state index in [0.717, 1.165) is 10.2 Å². The maximum atomic E-state index is 11.3. The number of hydrogen-bond acceptors (Lipinski definition) is 3. The van der Waals surface area contributed by atoms with Crippen LogP contribution in [0.25, 0.3) is 0 Å². The van der Waals surface area contributed by atoms with Crippen LogP contribution in [-0.4, -0.2) is 19.1 Å². The number of benzene rings is 1. The van der Waals surface area contributed by atoms with Crippen molar-refractivity contribution in [3.8, 4) is 0 Å². The summed E-state index contributed by atoms with van der Waals surface area (Å²) in [5, 5.41) is 2.73. The summed E-state index contributed by atoms with van der Waals surface area (Å²) in [5.74, 6) is -0.137. The molecule has 0 unspecified atom stereocenters. The van der Waals surface area contributed by atoms with Crippen LogP contribution in [-0.2, 0) is 9.63 Å². The van der Waals surface area contributed by atoms with Crippen LogP contribution in [0.4, 0.5) is 5.69 Å². The van der Waals surface area contributed by atoms with Crippen molar-refractivity contribution in [1.82, 2.24) is 5.48 Å². The smallest absolute Gasteiger partial charge is 0.240 e. The van der Waals surface area contributed by atoms with Crippen molar-refractivity contribution in [3.05, 3.63) is 28.7 Å². The van der Waals surface area contributed by atoms with E-state index >= 15 is 0 Å². The van der Waals surface area contributed by atoms with Gasteiger partial charge in [-0.1, -0.05) is 22.0 Å². The molecule has 0 bridgehead atoms. The third-order valence-electron chi connectivity index (χ3n) is 1.59. The second-order valence-corrected chi connectivity index (χ2v) is 3.73. The molecule has 1 aromatic rings. The number of carbonyl (C=O) groups is 1. The van der Waals surface area contributed by atoms with Crippen LogP contribution in [0.1, 0.15) is 6.92 Å². The lowest BCUT2D eigenvalue weighted by molar-refractivity contribution is -0.117. The van der Waals surface area contributed by atoms with E-state index in [0.29, 0.717) is 6.61 Å². The van der Waals surface area contributed by atoms with Gasteiger partial charge in [0.2, 0.25) is 5.91 Å². The highest BCUT2D eigenvalue weighted by atomic mass is 79.9. The van der Waals surface area contributed by atoms with Crippen LogP contribution < -0.4 is 10.8 Å². The highest BCUT2D eigenvalue weighted by Gasteiger charge is 2.01. The summed E-state index contributed by atoms with van der Waals surface area (Å²) in [4.78, 5) is 16.2. The summed E-state index contributed by atoms with van der Waals surface area (Å²) in [6, 6.07) is 7.41. The Balaban J connectivity index is 2.37. The van der Waals surface area contributed by atoms with Crippen molar-refractivity contribution in [2.75, 3.05) is 18.5 Å². The number of hydroxylamine groups is 1. The summed E-state index contributed by atoms with van der Waals surface area (Å²) in [5.41, 5.74) is 3.30. The van der Waals surface area contributed by atoms with Crippen molar-refractivity contribution >= 4 is 27.5 Å². The Kier molecular flexibility index (Phi) is 5.31. The first kappa shape index (κ1) is 12.2. The third-order valence-corrected chi connectivity index (χ3v) is 2.08. The highest BCUT2D eigenvalue weighted by molar-refractivity contribution is 9.10. The zero-order chi connectivity index (χ0) is 11.1. The van der Waals surface area contributed by atoms with Crippen LogP contribution in [0.2, 0.25) is 0 Å². The van der Waals surface area contributed by atoms with E-state index in [4.69, 9.17) is 4.84 Å². The zero-order valence-electron chi connectivity index (χ0n) is 8.42. The number of hydrogen-bond donors (Lipinski definition) is 2. The molecule has 1 amide bonds. The topological polar surface area (TPSA) is 50.4 Å². The maximum Gasteiger partial charge on any atom is 0.240 e. The van der Waals surface area contributed by atoms with Crippen molar-refractivity contribution in [2.24, 2.45) is 0 Å². The molecule has 0 aliphatic carbocycles. The first-order chi connectivity index (χ1) is 7.22. The van der Waals surface area contributed by atoms with Crippen molar-refractivity contribution in [1.29, 1.82) is 0 Å². The van der Waals surface area contributed by atoms with Crippen molar-refractivity contribution in [2.45, 2.75) is 6.92 Å². The Morgan fingerprint density at radius 3 is 3.00 bits per heavy atom. The molecule has 2 N–H and O–H groups in total. The van der Waals surface area contributed by atoms with Gasteiger partial charge >= 0.3 is 0 Å². The van der Waals surface area contributed by atoms with Gasteiger partial charge in [-0.25, -0.2) is 0 Å². The summed E-state index contributed by atoms with van der Waals surface area (Å²) in [6.07, 6.45) is 0. The molecular formula is C10H13BrN2O2. The molecule has 0 aromatic heterocycles. The monoisotopic (exact) mass is 272 g/mol. The van der Waals surface area contributed by atoms with Crippen LogP contribution in [0.5, 0.6) is 0 Å². The second-order valence-electron chi connectivity index (χ2n) is 2.81. The zero-order valence-corrected chi connectivity index (χ0v) is 10.0. The van der Waals surface area contributed by atoms with Crippen molar-refractivity contribution in [3.63, 3.8) is 0 Å². The molecule has 0 spiro atoms. The van der Waals surface area contributed by atoms with Gasteiger partial charge in [-0.2, -0.15) is 5.48 Å². The minimum Gasteiger partial charge on any atom is -0.325 e. The molecule has 0 saturated carbocycles. The van der Waals surface area contributed by atoms with Crippen LogP contribution in [0.15, 0.2) is 28.7 Å². The first-order valence-electron chi connectivity index (χ1n) is 4.62. The minimum absolute atomic E-state index is 0.137. The van der Waals surface area contributed by atoms with E-state index in [9.17, 15) is 4.79 Å². The number of anilines is 1. The number of carbonyl (C=O) groups excluding carboxylic acids is 1. The summed E-state index contributed by atoms with van der Waals surface area (Å²) < 4.78 is 0.929. The van der Waals surface area contributed by atoms with Gasteiger partial charge in [0.1, 0.15) is 6.54 Å². The molecule has 1 rings (SSSR count). The molecule has 0 saturated heterocycles. The van der Waals surface area contributed by atoms with Gasteiger partial charge in [0.15, 0.2) is 0 Å². The quantitative estimate of drug-likeness (QED) is 0.636. The first-order valence-corrected chi connectivity index (χ1v) is 5.41. The van der Waals surface area contributed by atoms with E-state index < -0.39 is 0 Å². The average molecular weight is 273 g/mol. The maximum absolute atomic E-state index is 11.3. The van der Waals surface area contributed by atoms with Crippen molar-refractivity contribution < 1.29 is 9.63 Å². The summed E-state index contributed by atoms with van der Waals surface area (Å²) in [7, 11) is 0. The number of halogens is 1. The Morgan fingerprint density at radius 1 is 1.53 bits per heavy atom. The van der Waals surface area contributed by atoms with Gasteiger partial charge in [-0.05, 0) is 25.1 Å². The fraction of sp³-hybridized carbons (Fsp3) is 0.300. The Morgan fingerprint density at radius 2 is 2.33 bits per heavy atom. The molecular weight excluding hydrogens is 260 g/mol. The molecule has 0 atom stereocenters. The molecule has 0 heterocycles. The van der Waals surface area contributed by atoms with Crippen LogP contribution >= 0.6 is 15.9 Å². The van der Waals surface area contributed by atoms with E-state index in [1.165, 1.54) is 0 Å². The lowest BCUT2D eigenvalue weighted by Crippen LogP contribution is -2.28. The largest absolute Gasteiger partial charge is 0.325 e. The molecule has 0 aliphatic rings. The standard InChI is InChI=1S/C10H13BrN2O2/c1-2-15-12-7-10(14)13-9-5-3-4-8(11)6-9/h3-6,12H,2,7H2,1H3,(H,13,14). The molecule has 4 nitrogen and oxygen atoms in total. The average Bonchev–Trinajstić information content (AvgIpc) is 2.18. The van der Waals surface area contributed by atoms with Crippen LogP contribution in [0, 0.1) is 0 Å². The van der Waals surface area contributed by atoms with E-state index in [1.807, 2.05) is 31.2 Å². The minimum atomic E-state index is -0.137. The van der Waals surface area contributed by atoms with Crippen LogP contribution in [0.3, 0.4) is 0 Å². The molecule has 0 radical (unpaired) electrons. The van der Waals surface area contributed by atoms with Gasteiger partial charge in [0.05, 0.1) is 6.61 Å². The Labute approximate surface area is 97.1 Å².